The molecule has 3 rings (SSSR count). The zero-order chi connectivity index (χ0) is 15.2. The second kappa shape index (κ2) is 4.47. The average molecular weight is 289 g/mol. The Bertz CT molecular complexity index is 852. The molecule has 0 fully saturated rings. The van der Waals surface area contributed by atoms with Crippen LogP contribution in [0.25, 0.3) is 11.2 Å². The van der Waals surface area contributed by atoms with E-state index >= 15 is 0 Å². The van der Waals surface area contributed by atoms with E-state index in [1.54, 1.807) is 6.92 Å². The number of aromatic amines is 1. The lowest BCUT2D eigenvalue weighted by Crippen LogP contribution is -2.23. The number of aromatic nitrogens is 7. The molecule has 0 spiro atoms. The van der Waals surface area contributed by atoms with Gasteiger partial charge in [-0.1, -0.05) is 36.3 Å². The van der Waals surface area contributed by atoms with Crippen molar-refractivity contribution in [2.45, 2.75) is 39.7 Å². The SMILES string of the molecule is Cc1nonc1Cn1nnc2nc(C(C)(C)C)[nH]c(=O)c21. The van der Waals surface area contributed by atoms with Gasteiger partial charge in [0.15, 0.2) is 5.52 Å². The lowest BCUT2D eigenvalue weighted by Gasteiger charge is -2.16. The molecule has 3 aromatic rings. The van der Waals surface area contributed by atoms with E-state index in [2.05, 4.69) is 35.2 Å². The van der Waals surface area contributed by atoms with Crippen molar-refractivity contribution >= 4 is 11.2 Å². The van der Waals surface area contributed by atoms with Gasteiger partial charge in [0.1, 0.15) is 17.2 Å². The average Bonchev–Trinajstić information content (AvgIpc) is 2.97. The summed E-state index contributed by atoms with van der Waals surface area (Å²) in [6, 6.07) is 0. The molecule has 0 amide bonds. The summed E-state index contributed by atoms with van der Waals surface area (Å²) >= 11 is 0. The Kier molecular flexibility index (Phi) is 2.85. The van der Waals surface area contributed by atoms with Gasteiger partial charge < -0.3 is 4.98 Å². The summed E-state index contributed by atoms with van der Waals surface area (Å²) in [4.78, 5) is 19.4. The second-order valence-electron chi connectivity index (χ2n) is 5.88. The normalized spacial score (nSPS) is 12.2. The minimum absolute atomic E-state index is 0.255. The van der Waals surface area contributed by atoms with Crippen molar-refractivity contribution in [3.8, 4) is 0 Å². The maximum absolute atomic E-state index is 12.3. The number of hydrogen-bond acceptors (Lipinski definition) is 7. The van der Waals surface area contributed by atoms with E-state index in [0.717, 1.165) is 0 Å². The van der Waals surface area contributed by atoms with E-state index in [9.17, 15) is 4.79 Å². The highest BCUT2D eigenvalue weighted by molar-refractivity contribution is 5.68. The fourth-order valence-electron chi connectivity index (χ4n) is 1.90. The van der Waals surface area contributed by atoms with Crippen LogP contribution in [0.15, 0.2) is 9.42 Å². The van der Waals surface area contributed by atoms with Gasteiger partial charge in [0.2, 0.25) is 5.65 Å². The fraction of sp³-hybridized carbons (Fsp3) is 0.500. The van der Waals surface area contributed by atoms with Gasteiger partial charge in [-0.25, -0.2) is 14.3 Å². The van der Waals surface area contributed by atoms with Gasteiger partial charge in [-0.15, -0.1) is 5.10 Å². The highest BCUT2D eigenvalue weighted by Crippen LogP contribution is 2.18. The minimum atomic E-state index is -0.274. The van der Waals surface area contributed by atoms with Gasteiger partial charge in [-0.3, -0.25) is 4.79 Å². The third-order valence-corrected chi connectivity index (χ3v) is 3.14. The summed E-state index contributed by atoms with van der Waals surface area (Å²) in [6.07, 6.45) is 0. The van der Waals surface area contributed by atoms with E-state index < -0.39 is 0 Å². The summed E-state index contributed by atoms with van der Waals surface area (Å²) in [6.45, 7) is 7.92. The second-order valence-corrected chi connectivity index (χ2v) is 5.88. The van der Waals surface area contributed by atoms with Gasteiger partial charge in [0.05, 0.1) is 6.54 Å². The first-order valence-electron chi connectivity index (χ1n) is 6.48. The molecule has 3 aromatic heterocycles. The van der Waals surface area contributed by atoms with E-state index in [4.69, 9.17) is 0 Å². The van der Waals surface area contributed by atoms with Gasteiger partial charge in [0, 0.05) is 5.41 Å². The predicted octanol–water partition coefficient (Wildman–Crippen LogP) is 0.552. The summed E-state index contributed by atoms with van der Waals surface area (Å²) in [7, 11) is 0. The van der Waals surface area contributed by atoms with Crippen LogP contribution in [0, 0.1) is 6.92 Å². The predicted molar refractivity (Wildman–Crippen MR) is 72.8 cm³/mol. The van der Waals surface area contributed by atoms with Crippen LogP contribution in [0.3, 0.4) is 0 Å². The summed E-state index contributed by atoms with van der Waals surface area (Å²) in [5, 5.41) is 15.4. The van der Waals surface area contributed by atoms with E-state index in [1.165, 1.54) is 4.68 Å². The highest BCUT2D eigenvalue weighted by Gasteiger charge is 2.21. The van der Waals surface area contributed by atoms with Crippen LogP contribution in [0.5, 0.6) is 0 Å². The third-order valence-electron chi connectivity index (χ3n) is 3.14. The Hall–Kier alpha value is -2.58. The van der Waals surface area contributed by atoms with Crippen molar-refractivity contribution in [3.05, 3.63) is 27.6 Å². The molecular weight excluding hydrogens is 274 g/mol. The van der Waals surface area contributed by atoms with E-state index in [0.29, 0.717) is 28.4 Å². The molecule has 0 unspecified atom stereocenters. The molecule has 9 nitrogen and oxygen atoms in total. The fourth-order valence-corrected chi connectivity index (χ4v) is 1.90. The molecule has 9 heteroatoms. The van der Waals surface area contributed by atoms with E-state index in [-0.39, 0.29) is 17.5 Å². The lowest BCUT2D eigenvalue weighted by atomic mass is 9.96. The summed E-state index contributed by atoms with van der Waals surface area (Å²) in [5.41, 5.74) is 1.33. The summed E-state index contributed by atoms with van der Waals surface area (Å²) in [5.74, 6) is 0.575. The molecule has 1 N–H and O–H groups in total. The van der Waals surface area contributed by atoms with Crippen molar-refractivity contribution in [3.63, 3.8) is 0 Å². The topological polar surface area (TPSA) is 115 Å². The molecule has 3 heterocycles. The maximum Gasteiger partial charge on any atom is 0.278 e. The molecule has 0 aliphatic carbocycles. The Morgan fingerprint density at radius 3 is 2.67 bits per heavy atom. The Morgan fingerprint density at radius 1 is 1.29 bits per heavy atom. The maximum atomic E-state index is 12.3. The van der Waals surface area contributed by atoms with Crippen LogP contribution in [0.2, 0.25) is 0 Å². The van der Waals surface area contributed by atoms with Crippen molar-refractivity contribution in [1.82, 2.24) is 35.3 Å². The third kappa shape index (κ3) is 2.30. The Labute approximate surface area is 119 Å². The number of fused-ring (bicyclic) bond motifs is 1. The van der Waals surface area contributed by atoms with Crippen molar-refractivity contribution in [2.75, 3.05) is 0 Å². The Balaban J connectivity index is 2.11. The van der Waals surface area contributed by atoms with Crippen LogP contribution in [-0.2, 0) is 12.0 Å². The van der Waals surface area contributed by atoms with Gasteiger partial charge in [0.25, 0.3) is 5.56 Å². The molecule has 0 bridgehead atoms. The molecular formula is C12H15N7O2. The lowest BCUT2D eigenvalue weighted by molar-refractivity contribution is 0.300. The van der Waals surface area contributed by atoms with Crippen molar-refractivity contribution in [2.24, 2.45) is 0 Å². The summed E-state index contributed by atoms with van der Waals surface area (Å²) < 4.78 is 6.08. The Morgan fingerprint density at radius 2 is 2.05 bits per heavy atom. The molecule has 0 radical (unpaired) electrons. The molecule has 0 saturated carbocycles. The van der Waals surface area contributed by atoms with Gasteiger partial charge in [-0.2, -0.15) is 0 Å². The molecule has 21 heavy (non-hydrogen) atoms. The standard InChI is InChI=1S/C12H15N7O2/c1-6-7(17-21-16-6)5-19-8-9(15-18-19)13-11(12(2,3)4)14-10(8)20/h5H2,1-4H3,(H,13,14,20). The van der Waals surface area contributed by atoms with Crippen LogP contribution < -0.4 is 5.56 Å². The quantitative estimate of drug-likeness (QED) is 0.732. The number of rotatable bonds is 2. The zero-order valence-corrected chi connectivity index (χ0v) is 12.2. The molecule has 0 saturated heterocycles. The van der Waals surface area contributed by atoms with Gasteiger partial charge >= 0.3 is 0 Å². The largest absolute Gasteiger partial charge is 0.308 e. The monoisotopic (exact) mass is 289 g/mol. The number of nitrogens with zero attached hydrogens (tertiary/aromatic N) is 6. The zero-order valence-electron chi connectivity index (χ0n) is 12.2. The molecule has 0 aromatic carbocycles. The minimum Gasteiger partial charge on any atom is -0.308 e. The van der Waals surface area contributed by atoms with E-state index in [1.807, 2.05) is 20.8 Å². The number of aryl methyl sites for hydroxylation is 1. The van der Waals surface area contributed by atoms with Crippen LogP contribution in [-0.4, -0.2) is 35.3 Å². The highest BCUT2D eigenvalue weighted by atomic mass is 16.6. The number of hydrogen-bond donors (Lipinski definition) is 1. The molecule has 0 aliphatic rings. The number of H-pyrrole nitrogens is 1. The molecule has 110 valence electrons. The molecule has 0 aliphatic heterocycles. The first-order valence-corrected chi connectivity index (χ1v) is 6.48. The molecule has 0 atom stereocenters. The van der Waals surface area contributed by atoms with Crippen LogP contribution >= 0.6 is 0 Å². The number of nitrogens with one attached hydrogen (secondary N) is 1. The van der Waals surface area contributed by atoms with Crippen molar-refractivity contribution < 1.29 is 4.63 Å². The smallest absolute Gasteiger partial charge is 0.278 e. The van der Waals surface area contributed by atoms with Crippen LogP contribution in [0.4, 0.5) is 0 Å². The first-order chi connectivity index (χ1) is 9.86. The first kappa shape index (κ1) is 13.4. The van der Waals surface area contributed by atoms with Crippen molar-refractivity contribution in [1.29, 1.82) is 0 Å². The van der Waals surface area contributed by atoms with Crippen LogP contribution in [0.1, 0.15) is 38.0 Å². The van der Waals surface area contributed by atoms with Gasteiger partial charge in [-0.05, 0) is 6.92 Å².